The van der Waals surface area contributed by atoms with Crippen LogP contribution in [0.1, 0.15) is 30.1 Å². The molecule has 1 saturated heterocycles. The number of nitrogens with one attached hydrogen (secondary N) is 1. The molecule has 3 heterocycles. The smallest absolute Gasteiger partial charge is 0.231 e. The SMILES string of the molecule is c1ccc(OCCN2CCC(CN[C@H](c3ccc4c(c3)OCO4)c3ccccn3)CC2)cc1. The number of pyridine rings is 1. The maximum absolute atomic E-state index is 5.86. The lowest BCUT2D eigenvalue weighted by Gasteiger charge is -2.33. The van der Waals surface area contributed by atoms with E-state index in [-0.39, 0.29) is 12.8 Å². The van der Waals surface area contributed by atoms with Crippen molar-refractivity contribution in [1.29, 1.82) is 0 Å². The molecule has 1 N–H and O–H groups in total. The highest BCUT2D eigenvalue weighted by molar-refractivity contribution is 5.46. The van der Waals surface area contributed by atoms with Crippen LogP contribution in [0.2, 0.25) is 0 Å². The summed E-state index contributed by atoms with van der Waals surface area (Å²) in [7, 11) is 0. The predicted octanol–water partition coefficient (Wildman–Crippen LogP) is 4.28. The Hall–Kier alpha value is -3.09. The van der Waals surface area contributed by atoms with Gasteiger partial charge in [-0.1, -0.05) is 30.3 Å². The van der Waals surface area contributed by atoms with Gasteiger partial charge in [0, 0.05) is 12.7 Å². The second kappa shape index (κ2) is 10.7. The van der Waals surface area contributed by atoms with Gasteiger partial charge in [-0.15, -0.1) is 0 Å². The normalized spacial score (nSPS) is 17.1. The minimum atomic E-state index is 0.0259. The minimum Gasteiger partial charge on any atom is -0.492 e. The molecule has 0 aliphatic carbocycles. The van der Waals surface area contributed by atoms with Crippen molar-refractivity contribution in [2.24, 2.45) is 5.92 Å². The van der Waals surface area contributed by atoms with Gasteiger partial charge in [0.25, 0.3) is 0 Å². The van der Waals surface area contributed by atoms with Crippen molar-refractivity contribution >= 4 is 0 Å². The maximum atomic E-state index is 5.86. The highest BCUT2D eigenvalue weighted by Crippen LogP contribution is 2.35. The van der Waals surface area contributed by atoms with Crippen LogP contribution in [0.4, 0.5) is 0 Å². The van der Waals surface area contributed by atoms with Gasteiger partial charge in [-0.05, 0) is 80.4 Å². The molecule has 3 aromatic rings. The minimum absolute atomic E-state index is 0.0259. The first-order valence-corrected chi connectivity index (χ1v) is 11.8. The Kier molecular flexibility index (Phi) is 7.04. The molecular weight excluding hydrogens is 414 g/mol. The number of likely N-dealkylation sites (tertiary alicyclic amines) is 1. The van der Waals surface area contributed by atoms with Crippen LogP contribution in [-0.4, -0.2) is 49.5 Å². The Bertz CT molecular complexity index is 1010. The van der Waals surface area contributed by atoms with Crippen LogP contribution < -0.4 is 19.5 Å². The fourth-order valence-electron chi connectivity index (χ4n) is 4.54. The van der Waals surface area contributed by atoms with Gasteiger partial charge in [-0.25, -0.2) is 0 Å². The summed E-state index contributed by atoms with van der Waals surface area (Å²) in [6.07, 6.45) is 4.23. The van der Waals surface area contributed by atoms with Gasteiger partial charge in [-0.3, -0.25) is 9.88 Å². The van der Waals surface area contributed by atoms with Crippen molar-refractivity contribution in [2.45, 2.75) is 18.9 Å². The number of fused-ring (bicyclic) bond motifs is 1. The molecule has 5 rings (SSSR count). The molecule has 0 spiro atoms. The van der Waals surface area contributed by atoms with E-state index in [2.05, 4.69) is 33.4 Å². The molecule has 2 aromatic carbocycles. The summed E-state index contributed by atoms with van der Waals surface area (Å²) in [5.74, 6) is 3.21. The largest absolute Gasteiger partial charge is 0.492 e. The number of para-hydroxylation sites is 1. The van der Waals surface area contributed by atoms with Crippen LogP contribution >= 0.6 is 0 Å². The molecule has 2 aliphatic rings. The van der Waals surface area contributed by atoms with Crippen molar-refractivity contribution < 1.29 is 14.2 Å². The second-order valence-corrected chi connectivity index (χ2v) is 8.66. The highest BCUT2D eigenvalue weighted by Gasteiger charge is 2.23. The van der Waals surface area contributed by atoms with E-state index in [1.807, 2.05) is 54.7 Å². The predicted molar refractivity (Wildman–Crippen MR) is 128 cm³/mol. The molecule has 0 saturated carbocycles. The Balaban J connectivity index is 1.14. The Labute approximate surface area is 195 Å². The second-order valence-electron chi connectivity index (χ2n) is 8.66. The molecule has 0 radical (unpaired) electrons. The summed E-state index contributed by atoms with van der Waals surface area (Å²) in [6, 6.07) is 22.3. The lowest BCUT2D eigenvalue weighted by Crippen LogP contribution is -2.40. The molecule has 172 valence electrons. The fourth-order valence-corrected chi connectivity index (χ4v) is 4.54. The molecule has 33 heavy (non-hydrogen) atoms. The molecule has 0 unspecified atom stereocenters. The number of hydrogen-bond acceptors (Lipinski definition) is 6. The number of aromatic nitrogens is 1. The zero-order valence-electron chi connectivity index (χ0n) is 18.9. The van der Waals surface area contributed by atoms with E-state index in [4.69, 9.17) is 14.2 Å². The quantitative estimate of drug-likeness (QED) is 0.531. The molecule has 1 atom stereocenters. The highest BCUT2D eigenvalue weighted by atomic mass is 16.7. The van der Waals surface area contributed by atoms with Crippen LogP contribution in [0.5, 0.6) is 17.2 Å². The first-order valence-electron chi connectivity index (χ1n) is 11.8. The molecule has 2 aliphatic heterocycles. The third kappa shape index (κ3) is 5.64. The van der Waals surface area contributed by atoms with Crippen molar-refractivity contribution in [3.05, 3.63) is 84.2 Å². The van der Waals surface area contributed by atoms with Crippen molar-refractivity contribution in [1.82, 2.24) is 15.2 Å². The lowest BCUT2D eigenvalue weighted by atomic mass is 9.95. The Morgan fingerprint density at radius 2 is 1.79 bits per heavy atom. The lowest BCUT2D eigenvalue weighted by molar-refractivity contribution is 0.153. The van der Waals surface area contributed by atoms with E-state index in [0.29, 0.717) is 5.92 Å². The van der Waals surface area contributed by atoms with Crippen LogP contribution in [0, 0.1) is 5.92 Å². The topological polar surface area (TPSA) is 55.9 Å². The van der Waals surface area contributed by atoms with Gasteiger partial charge in [0.05, 0.1) is 11.7 Å². The molecule has 6 heteroatoms. The zero-order chi connectivity index (χ0) is 22.3. The van der Waals surface area contributed by atoms with Crippen LogP contribution in [0.25, 0.3) is 0 Å². The van der Waals surface area contributed by atoms with Crippen LogP contribution in [0.15, 0.2) is 72.9 Å². The molecule has 6 nitrogen and oxygen atoms in total. The van der Waals surface area contributed by atoms with E-state index in [9.17, 15) is 0 Å². The summed E-state index contributed by atoms with van der Waals surface area (Å²) in [6.45, 7) is 5.19. The first-order chi connectivity index (χ1) is 16.3. The maximum Gasteiger partial charge on any atom is 0.231 e. The summed E-state index contributed by atoms with van der Waals surface area (Å²) < 4.78 is 17.0. The molecule has 0 amide bonds. The molecule has 1 fully saturated rings. The van der Waals surface area contributed by atoms with E-state index < -0.39 is 0 Å². The van der Waals surface area contributed by atoms with Crippen molar-refractivity contribution in [3.63, 3.8) is 0 Å². The van der Waals surface area contributed by atoms with Gasteiger partial charge < -0.3 is 19.5 Å². The fraction of sp³-hybridized carbons (Fsp3) is 0.370. The van der Waals surface area contributed by atoms with Crippen molar-refractivity contribution in [3.8, 4) is 17.2 Å². The van der Waals surface area contributed by atoms with Crippen molar-refractivity contribution in [2.75, 3.05) is 39.6 Å². The summed E-state index contributed by atoms with van der Waals surface area (Å²) >= 11 is 0. The number of benzene rings is 2. The third-order valence-electron chi connectivity index (χ3n) is 6.45. The third-order valence-corrected chi connectivity index (χ3v) is 6.45. The number of piperidine rings is 1. The molecule has 1 aromatic heterocycles. The Morgan fingerprint density at radius 1 is 0.970 bits per heavy atom. The number of hydrogen-bond donors (Lipinski definition) is 1. The van der Waals surface area contributed by atoms with E-state index in [0.717, 1.165) is 61.3 Å². The van der Waals surface area contributed by atoms with Gasteiger partial charge >= 0.3 is 0 Å². The average molecular weight is 446 g/mol. The van der Waals surface area contributed by atoms with E-state index in [1.54, 1.807) is 0 Å². The van der Waals surface area contributed by atoms with Crippen LogP contribution in [-0.2, 0) is 0 Å². The summed E-state index contributed by atoms with van der Waals surface area (Å²) in [5.41, 5.74) is 2.17. The average Bonchev–Trinajstić information content (AvgIpc) is 3.35. The standard InChI is InChI=1S/C27H31N3O3/c1-2-6-23(7-3-1)31-17-16-30-14-11-21(12-15-30)19-29-27(24-8-4-5-13-28-24)22-9-10-25-26(18-22)33-20-32-25/h1-10,13,18,21,27,29H,11-12,14-17,19-20H2/t27-/m1/s1. The zero-order valence-corrected chi connectivity index (χ0v) is 18.9. The van der Waals surface area contributed by atoms with Gasteiger partial charge in [0.15, 0.2) is 11.5 Å². The number of nitrogens with zero attached hydrogens (tertiary/aromatic N) is 2. The van der Waals surface area contributed by atoms with Gasteiger partial charge in [0.1, 0.15) is 12.4 Å². The molecule has 0 bridgehead atoms. The summed E-state index contributed by atoms with van der Waals surface area (Å²) in [4.78, 5) is 7.13. The van der Waals surface area contributed by atoms with E-state index in [1.165, 1.54) is 12.8 Å². The monoisotopic (exact) mass is 445 g/mol. The Morgan fingerprint density at radius 3 is 2.61 bits per heavy atom. The first kappa shape index (κ1) is 21.7. The van der Waals surface area contributed by atoms with Crippen LogP contribution in [0.3, 0.4) is 0 Å². The summed E-state index contributed by atoms with van der Waals surface area (Å²) in [5, 5.41) is 3.79. The van der Waals surface area contributed by atoms with Gasteiger partial charge in [-0.2, -0.15) is 0 Å². The number of ether oxygens (including phenoxy) is 3. The van der Waals surface area contributed by atoms with E-state index >= 15 is 0 Å². The van der Waals surface area contributed by atoms with Gasteiger partial charge in [0.2, 0.25) is 6.79 Å². The molecular formula is C27H31N3O3. The number of rotatable bonds is 9.